The Balaban J connectivity index is 1.19. The van der Waals surface area contributed by atoms with Crippen LogP contribution in [0.3, 0.4) is 0 Å². The maximum Gasteiger partial charge on any atom is 0.270 e. The number of nitrogens with zero attached hydrogens (tertiary/aromatic N) is 7. The number of aromatic amines is 1. The molecule has 6 rings (SSSR count). The fourth-order valence-electron chi connectivity index (χ4n) is 4.80. The van der Waals surface area contributed by atoms with Gasteiger partial charge in [-0.05, 0) is 35.7 Å². The van der Waals surface area contributed by atoms with Gasteiger partial charge in [-0.3, -0.25) is 9.89 Å². The molecule has 2 N–H and O–H groups in total. The number of nitriles is 1. The highest BCUT2D eigenvalue weighted by atomic mass is 19.1. The van der Waals surface area contributed by atoms with E-state index in [0.717, 1.165) is 28.8 Å². The zero-order chi connectivity index (χ0) is 25.5. The van der Waals surface area contributed by atoms with E-state index in [2.05, 4.69) is 31.6 Å². The minimum absolute atomic E-state index is 0.0572. The van der Waals surface area contributed by atoms with Crippen LogP contribution < -0.4 is 10.2 Å². The number of carbonyl (C=O) groups excluding carboxylic acids is 1. The Morgan fingerprint density at radius 1 is 1.22 bits per heavy atom. The second kappa shape index (κ2) is 9.05. The van der Waals surface area contributed by atoms with Crippen molar-refractivity contribution in [1.82, 2.24) is 29.6 Å². The molecule has 1 fully saturated rings. The smallest absolute Gasteiger partial charge is 0.270 e. The van der Waals surface area contributed by atoms with E-state index in [4.69, 9.17) is 5.26 Å². The molecule has 11 heteroatoms. The van der Waals surface area contributed by atoms with Crippen molar-refractivity contribution in [2.45, 2.75) is 13.0 Å². The Labute approximate surface area is 212 Å². The molecule has 0 unspecified atom stereocenters. The first-order valence-corrected chi connectivity index (χ1v) is 12.0. The summed E-state index contributed by atoms with van der Waals surface area (Å²) >= 11 is 0. The third kappa shape index (κ3) is 4.16. The first kappa shape index (κ1) is 22.7. The average Bonchev–Trinajstić information content (AvgIpc) is 3.54. The van der Waals surface area contributed by atoms with Gasteiger partial charge in [0.25, 0.3) is 5.91 Å². The highest BCUT2D eigenvalue weighted by Crippen LogP contribution is 2.29. The molecular formula is C26H24FN9O. The van der Waals surface area contributed by atoms with Crippen molar-refractivity contribution in [2.75, 3.05) is 29.9 Å². The Morgan fingerprint density at radius 2 is 2.03 bits per heavy atom. The zero-order valence-electron chi connectivity index (χ0n) is 20.1. The van der Waals surface area contributed by atoms with Crippen molar-refractivity contribution in [1.29, 1.82) is 5.26 Å². The average molecular weight is 498 g/mol. The lowest BCUT2D eigenvalue weighted by atomic mass is 10.0. The molecule has 0 saturated carbocycles. The summed E-state index contributed by atoms with van der Waals surface area (Å²) in [6.07, 6.45) is 5.44. The summed E-state index contributed by atoms with van der Waals surface area (Å²) in [4.78, 5) is 25.3. The molecule has 0 atom stereocenters. The third-order valence-electron chi connectivity index (χ3n) is 7.00. The first-order valence-electron chi connectivity index (χ1n) is 12.0. The van der Waals surface area contributed by atoms with Crippen LogP contribution >= 0.6 is 0 Å². The molecule has 2 aliphatic heterocycles. The van der Waals surface area contributed by atoms with Gasteiger partial charge in [0.2, 0.25) is 5.95 Å². The van der Waals surface area contributed by atoms with Crippen molar-refractivity contribution in [3.63, 3.8) is 0 Å². The van der Waals surface area contributed by atoms with Crippen LogP contribution in [-0.4, -0.2) is 55.2 Å². The van der Waals surface area contributed by atoms with Crippen LogP contribution in [0.5, 0.6) is 0 Å². The molecule has 0 bridgehead atoms. The van der Waals surface area contributed by atoms with E-state index < -0.39 is 5.82 Å². The van der Waals surface area contributed by atoms with E-state index in [0.29, 0.717) is 43.5 Å². The number of anilines is 3. The van der Waals surface area contributed by atoms with Gasteiger partial charge in [-0.25, -0.2) is 9.37 Å². The molecule has 0 aliphatic carbocycles. The van der Waals surface area contributed by atoms with Crippen LogP contribution in [0.2, 0.25) is 0 Å². The first-order chi connectivity index (χ1) is 18.0. The fraction of sp³-hybridized carbons (Fsp3) is 0.269. The monoisotopic (exact) mass is 497 g/mol. The van der Waals surface area contributed by atoms with Crippen molar-refractivity contribution >= 4 is 23.4 Å². The van der Waals surface area contributed by atoms with Gasteiger partial charge in [-0.15, -0.1) is 0 Å². The Bertz CT molecular complexity index is 1500. The molecule has 0 spiro atoms. The van der Waals surface area contributed by atoms with Crippen molar-refractivity contribution in [2.24, 2.45) is 13.0 Å². The summed E-state index contributed by atoms with van der Waals surface area (Å²) in [7, 11) is 1.88. The molecule has 1 amide bonds. The van der Waals surface area contributed by atoms with Crippen LogP contribution in [-0.2, 0) is 20.0 Å². The van der Waals surface area contributed by atoms with Crippen molar-refractivity contribution < 1.29 is 9.18 Å². The van der Waals surface area contributed by atoms with Gasteiger partial charge in [-0.1, -0.05) is 12.1 Å². The minimum Gasteiger partial charge on any atom is -0.342 e. The van der Waals surface area contributed by atoms with Gasteiger partial charge < -0.3 is 19.7 Å². The molecule has 10 nitrogen and oxygen atoms in total. The zero-order valence-corrected chi connectivity index (χ0v) is 20.1. The SMILES string of the molecule is Cn1c(C(=O)N2CC(C#N)C2)cc2c1CN(c1ncc(F)c(Nc3ccc(-c4cn[nH]c4)cc3)n1)CC2. The quantitative estimate of drug-likeness (QED) is 0.434. The van der Waals surface area contributed by atoms with Crippen LogP contribution in [0.15, 0.2) is 48.9 Å². The molecule has 1 saturated heterocycles. The van der Waals surface area contributed by atoms with Gasteiger partial charge >= 0.3 is 0 Å². The maximum absolute atomic E-state index is 14.6. The van der Waals surface area contributed by atoms with Gasteiger partial charge in [0.1, 0.15) is 5.69 Å². The largest absolute Gasteiger partial charge is 0.342 e. The van der Waals surface area contributed by atoms with Crippen LogP contribution in [0, 0.1) is 23.1 Å². The number of rotatable bonds is 5. The van der Waals surface area contributed by atoms with Gasteiger partial charge in [0, 0.05) is 49.8 Å². The molecule has 2 aliphatic rings. The summed E-state index contributed by atoms with van der Waals surface area (Å²) in [5.41, 5.74) is 5.39. The number of halogens is 1. The molecule has 186 valence electrons. The number of amides is 1. The number of carbonyl (C=O) groups is 1. The van der Waals surface area contributed by atoms with Crippen molar-refractivity contribution in [3.8, 4) is 17.2 Å². The highest BCUT2D eigenvalue weighted by Gasteiger charge is 2.34. The van der Waals surface area contributed by atoms with E-state index in [1.165, 1.54) is 6.20 Å². The summed E-state index contributed by atoms with van der Waals surface area (Å²) in [5.74, 6) is -0.171. The van der Waals surface area contributed by atoms with Crippen LogP contribution in [0.4, 0.5) is 21.8 Å². The number of nitrogens with one attached hydrogen (secondary N) is 2. The lowest BCUT2D eigenvalue weighted by molar-refractivity contribution is 0.0567. The molecule has 3 aromatic heterocycles. The predicted molar refractivity (Wildman–Crippen MR) is 134 cm³/mol. The number of hydrogen-bond donors (Lipinski definition) is 2. The number of likely N-dealkylation sites (tertiary alicyclic amines) is 1. The number of hydrogen-bond acceptors (Lipinski definition) is 7. The number of aromatic nitrogens is 5. The number of H-pyrrole nitrogens is 1. The Kier molecular flexibility index (Phi) is 5.56. The van der Waals surface area contributed by atoms with Gasteiger partial charge in [0.05, 0.1) is 30.9 Å². The molecule has 0 radical (unpaired) electrons. The standard InChI is InChI=1S/C26H24FN9O/c1-34-22(25(37)36-13-16(9-28)14-36)8-18-6-7-35(15-23(18)34)26-29-12-21(27)24(33-26)32-20-4-2-17(3-5-20)19-10-30-31-11-19/h2-5,8,10-12,16H,6-7,13-15H2,1H3,(H,30,31)(H,29,32,33). The fourth-order valence-corrected chi connectivity index (χ4v) is 4.80. The summed E-state index contributed by atoms with van der Waals surface area (Å²) in [6, 6.07) is 11.7. The summed E-state index contributed by atoms with van der Waals surface area (Å²) in [5, 5.41) is 18.8. The van der Waals surface area contributed by atoms with E-state index in [9.17, 15) is 9.18 Å². The summed E-state index contributed by atoms with van der Waals surface area (Å²) in [6.45, 7) is 2.10. The lowest BCUT2D eigenvalue weighted by Crippen LogP contribution is -2.49. The van der Waals surface area contributed by atoms with Crippen LogP contribution in [0.1, 0.15) is 21.7 Å². The summed E-state index contributed by atoms with van der Waals surface area (Å²) < 4.78 is 16.5. The predicted octanol–water partition coefficient (Wildman–Crippen LogP) is 3.25. The van der Waals surface area contributed by atoms with E-state index >= 15 is 0 Å². The molecule has 5 heterocycles. The van der Waals surface area contributed by atoms with E-state index in [1.54, 1.807) is 11.1 Å². The van der Waals surface area contributed by atoms with E-state index in [1.807, 2.05) is 53.0 Å². The molecule has 4 aromatic rings. The molecule has 37 heavy (non-hydrogen) atoms. The Morgan fingerprint density at radius 3 is 2.76 bits per heavy atom. The maximum atomic E-state index is 14.6. The normalized spacial score (nSPS) is 15.2. The minimum atomic E-state index is -0.544. The number of fused-ring (bicyclic) bond motifs is 1. The van der Waals surface area contributed by atoms with Gasteiger partial charge in [-0.2, -0.15) is 15.3 Å². The Hall–Kier alpha value is -4.72. The molecular weight excluding hydrogens is 473 g/mol. The topological polar surface area (TPSA) is 119 Å². The van der Waals surface area contributed by atoms with Crippen LogP contribution in [0.25, 0.3) is 11.1 Å². The van der Waals surface area contributed by atoms with E-state index in [-0.39, 0.29) is 17.6 Å². The molecule has 1 aromatic carbocycles. The highest BCUT2D eigenvalue weighted by molar-refractivity contribution is 5.94. The second-order valence-electron chi connectivity index (χ2n) is 9.32. The van der Waals surface area contributed by atoms with Gasteiger partial charge in [0.15, 0.2) is 11.6 Å². The lowest BCUT2D eigenvalue weighted by Gasteiger charge is -2.35. The second-order valence-corrected chi connectivity index (χ2v) is 9.32. The van der Waals surface area contributed by atoms with Crippen molar-refractivity contribution in [3.05, 3.63) is 71.7 Å². The third-order valence-corrected chi connectivity index (χ3v) is 7.00. The number of benzene rings is 1.